The molecule has 55 heavy (non-hydrogen) atoms. The summed E-state index contributed by atoms with van der Waals surface area (Å²) in [5.74, 6) is 2.01. The highest BCUT2D eigenvalue weighted by Crippen LogP contribution is 2.42. The van der Waals surface area contributed by atoms with Gasteiger partial charge in [0, 0.05) is 33.7 Å². The van der Waals surface area contributed by atoms with E-state index in [2.05, 4.69) is 162 Å². The Balaban J connectivity index is 1.17. The minimum Gasteiger partial charge on any atom is -0.456 e. The van der Waals surface area contributed by atoms with Crippen LogP contribution in [0.1, 0.15) is 11.4 Å². The van der Waals surface area contributed by atoms with E-state index in [1.54, 1.807) is 0 Å². The van der Waals surface area contributed by atoms with Gasteiger partial charge in [-0.05, 0) is 69.9 Å². The molecule has 0 amide bonds. The first kappa shape index (κ1) is 31.2. The lowest BCUT2D eigenvalue weighted by Crippen LogP contribution is -2.05. The van der Waals surface area contributed by atoms with Gasteiger partial charge in [0.2, 0.25) is 0 Å². The maximum atomic E-state index is 6.58. The zero-order chi connectivity index (χ0) is 36.3. The van der Waals surface area contributed by atoms with Crippen molar-refractivity contribution >= 4 is 54.5 Å². The molecule has 8 aromatic carbocycles. The first-order chi connectivity index (χ1) is 27.2. The molecule has 3 heterocycles. The molecule has 258 valence electrons. The second-order valence-corrected chi connectivity index (χ2v) is 14.0. The van der Waals surface area contributed by atoms with Crippen molar-refractivity contribution in [2.24, 2.45) is 0 Å². The molecule has 0 saturated heterocycles. The van der Waals surface area contributed by atoms with Gasteiger partial charge in [-0.25, -0.2) is 15.0 Å². The number of aromatic nitrogens is 4. The van der Waals surface area contributed by atoms with E-state index < -0.39 is 0 Å². The number of benzene rings is 8. The van der Waals surface area contributed by atoms with E-state index in [-0.39, 0.29) is 0 Å². The van der Waals surface area contributed by atoms with Gasteiger partial charge in [-0.3, -0.25) is 0 Å². The first-order valence-electron chi connectivity index (χ1n) is 18.6. The molecule has 0 aliphatic heterocycles. The van der Waals surface area contributed by atoms with Crippen LogP contribution >= 0.6 is 0 Å². The Morgan fingerprint density at radius 2 is 1.16 bits per heavy atom. The van der Waals surface area contributed by atoms with Crippen LogP contribution in [0.3, 0.4) is 0 Å². The van der Waals surface area contributed by atoms with Crippen molar-refractivity contribution in [1.82, 2.24) is 19.5 Å². The Hall–Kier alpha value is -7.37. The predicted molar refractivity (Wildman–Crippen MR) is 225 cm³/mol. The number of fused-ring (bicyclic) bond motifs is 7. The molecule has 0 saturated carbocycles. The van der Waals surface area contributed by atoms with Gasteiger partial charge in [0.15, 0.2) is 11.6 Å². The minimum absolute atomic E-state index is 0.592. The smallest absolute Gasteiger partial charge is 0.165 e. The van der Waals surface area contributed by atoms with Crippen LogP contribution in [0.15, 0.2) is 186 Å². The van der Waals surface area contributed by atoms with Crippen molar-refractivity contribution in [3.63, 3.8) is 0 Å². The third-order valence-corrected chi connectivity index (χ3v) is 10.7. The normalized spacial score (nSPS) is 11.7. The standard InChI is InChI=1S/C50H32N4O/c1-3-13-32(14-4-1)29-46-51-49(34-16-5-2-6-17-34)53-50(52-46)40-21-11-20-39-38-19-9-10-22-42(38)54(48(39)40)43-23-12-24-45-47(43)41-31-37(27-28-44(41)55-45)36-26-25-33-15-7-8-18-35(33)30-36/h1-28,30-31H,29H2. The maximum absolute atomic E-state index is 6.58. The Kier molecular flexibility index (Phi) is 7.17. The molecule has 0 spiro atoms. The van der Waals surface area contributed by atoms with Crippen molar-refractivity contribution in [2.75, 3.05) is 0 Å². The number of hydrogen-bond donors (Lipinski definition) is 0. The minimum atomic E-state index is 0.592. The summed E-state index contributed by atoms with van der Waals surface area (Å²) < 4.78 is 8.96. The van der Waals surface area contributed by atoms with Gasteiger partial charge in [0.05, 0.1) is 22.1 Å². The molecule has 0 atom stereocenters. The molecule has 0 aliphatic carbocycles. The molecule has 11 rings (SSSR count). The molecule has 11 aromatic rings. The van der Waals surface area contributed by atoms with Crippen molar-refractivity contribution in [1.29, 1.82) is 0 Å². The molecular weight excluding hydrogens is 673 g/mol. The Morgan fingerprint density at radius 1 is 0.455 bits per heavy atom. The highest BCUT2D eigenvalue weighted by atomic mass is 16.3. The largest absolute Gasteiger partial charge is 0.456 e. The fourth-order valence-corrected chi connectivity index (χ4v) is 8.11. The maximum Gasteiger partial charge on any atom is 0.165 e. The quantitative estimate of drug-likeness (QED) is 0.173. The molecular formula is C50H32N4O. The van der Waals surface area contributed by atoms with Gasteiger partial charge in [-0.1, -0.05) is 140 Å². The number of para-hydroxylation sites is 2. The summed E-state index contributed by atoms with van der Waals surface area (Å²) in [6, 6.07) is 63.7. The van der Waals surface area contributed by atoms with E-state index in [9.17, 15) is 0 Å². The fourth-order valence-electron chi connectivity index (χ4n) is 8.11. The van der Waals surface area contributed by atoms with E-state index in [4.69, 9.17) is 19.4 Å². The van der Waals surface area contributed by atoms with Crippen molar-refractivity contribution in [3.05, 3.63) is 193 Å². The average molecular weight is 705 g/mol. The summed E-state index contributed by atoms with van der Waals surface area (Å²) in [5.41, 5.74) is 10.2. The molecule has 5 nitrogen and oxygen atoms in total. The Bertz CT molecular complexity index is 3240. The summed E-state index contributed by atoms with van der Waals surface area (Å²) in [7, 11) is 0. The Labute approximate surface area is 316 Å². The molecule has 3 aromatic heterocycles. The zero-order valence-corrected chi connectivity index (χ0v) is 29.7. The van der Waals surface area contributed by atoms with Gasteiger partial charge >= 0.3 is 0 Å². The van der Waals surface area contributed by atoms with Crippen molar-refractivity contribution < 1.29 is 4.42 Å². The molecule has 0 fully saturated rings. The summed E-state index contributed by atoms with van der Waals surface area (Å²) in [5, 5.41) is 6.85. The third-order valence-electron chi connectivity index (χ3n) is 10.7. The van der Waals surface area contributed by atoms with E-state index in [0.717, 1.165) is 77.5 Å². The van der Waals surface area contributed by atoms with E-state index >= 15 is 0 Å². The van der Waals surface area contributed by atoms with Crippen LogP contribution < -0.4 is 0 Å². The average Bonchev–Trinajstić information content (AvgIpc) is 3.80. The SMILES string of the molecule is c1ccc(Cc2nc(-c3ccccc3)nc(-c3cccc4c5ccccc5n(-c5cccc6oc7ccc(-c8ccc9ccccc9c8)cc7c56)c34)n2)cc1. The van der Waals surface area contributed by atoms with Gasteiger partial charge in [0.1, 0.15) is 17.0 Å². The lowest BCUT2D eigenvalue weighted by Gasteiger charge is -2.13. The van der Waals surface area contributed by atoms with Crippen LogP contribution in [0, 0.1) is 0 Å². The lowest BCUT2D eigenvalue weighted by molar-refractivity contribution is 0.669. The molecule has 5 heteroatoms. The van der Waals surface area contributed by atoms with Gasteiger partial charge < -0.3 is 8.98 Å². The summed E-state index contributed by atoms with van der Waals surface area (Å²) in [6.45, 7) is 0. The highest BCUT2D eigenvalue weighted by molar-refractivity contribution is 6.17. The molecule has 0 unspecified atom stereocenters. The van der Waals surface area contributed by atoms with Gasteiger partial charge in [-0.15, -0.1) is 0 Å². The van der Waals surface area contributed by atoms with Crippen molar-refractivity contribution in [3.8, 4) is 39.6 Å². The van der Waals surface area contributed by atoms with Crippen LogP contribution in [0.25, 0.3) is 94.1 Å². The summed E-state index contributed by atoms with van der Waals surface area (Å²) in [4.78, 5) is 15.4. The highest BCUT2D eigenvalue weighted by Gasteiger charge is 2.22. The first-order valence-corrected chi connectivity index (χ1v) is 18.6. The molecule has 0 N–H and O–H groups in total. The second-order valence-electron chi connectivity index (χ2n) is 14.0. The van der Waals surface area contributed by atoms with Gasteiger partial charge in [0.25, 0.3) is 0 Å². The number of nitrogens with zero attached hydrogens (tertiary/aromatic N) is 4. The van der Waals surface area contributed by atoms with Crippen LogP contribution in [-0.2, 0) is 6.42 Å². The third kappa shape index (κ3) is 5.28. The van der Waals surface area contributed by atoms with Crippen LogP contribution in [0.2, 0.25) is 0 Å². The topological polar surface area (TPSA) is 56.7 Å². The summed E-state index contributed by atoms with van der Waals surface area (Å²) >= 11 is 0. The monoisotopic (exact) mass is 704 g/mol. The molecule has 0 bridgehead atoms. The van der Waals surface area contributed by atoms with E-state index in [1.807, 2.05) is 24.3 Å². The number of hydrogen-bond acceptors (Lipinski definition) is 4. The number of furan rings is 1. The van der Waals surface area contributed by atoms with Crippen molar-refractivity contribution in [2.45, 2.75) is 6.42 Å². The molecule has 0 radical (unpaired) electrons. The van der Waals surface area contributed by atoms with Crippen LogP contribution in [-0.4, -0.2) is 19.5 Å². The van der Waals surface area contributed by atoms with E-state index in [1.165, 1.54) is 16.3 Å². The summed E-state index contributed by atoms with van der Waals surface area (Å²) in [6.07, 6.45) is 0.592. The number of rotatable bonds is 6. The fraction of sp³-hybridized carbons (Fsp3) is 0.0200. The zero-order valence-electron chi connectivity index (χ0n) is 29.7. The predicted octanol–water partition coefficient (Wildman–Crippen LogP) is 12.6. The molecule has 0 aliphatic rings. The Morgan fingerprint density at radius 3 is 2.05 bits per heavy atom. The van der Waals surface area contributed by atoms with Crippen LogP contribution in [0.4, 0.5) is 0 Å². The lowest BCUT2D eigenvalue weighted by atomic mass is 9.99. The van der Waals surface area contributed by atoms with E-state index in [0.29, 0.717) is 18.1 Å². The second kappa shape index (κ2) is 12.6. The van der Waals surface area contributed by atoms with Gasteiger partial charge in [-0.2, -0.15) is 0 Å². The van der Waals surface area contributed by atoms with Crippen LogP contribution in [0.5, 0.6) is 0 Å².